The highest BCUT2D eigenvalue weighted by Gasteiger charge is 2.21. The third-order valence-corrected chi connectivity index (χ3v) is 3.72. The lowest BCUT2D eigenvalue weighted by Crippen LogP contribution is -2.50. The number of thioether (sulfide) groups is 1. The highest BCUT2D eigenvalue weighted by atomic mass is 32.2. The fourth-order valence-corrected chi connectivity index (χ4v) is 2.70. The number of carbonyl (C=O) groups excluding carboxylic acids is 1. The Morgan fingerprint density at radius 2 is 2.35 bits per heavy atom. The maximum atomic E-state index is 11.6. The van der Waals surface area contributed by atoms with Crippen LogP contribution < -0.4 is 10.6 Å². The minimum absolute atomic E-state index is 0.145. The molecule has 0 radical (unpaired) electrons. The molecule has 0 aromatic heterocycles. The number of carboxylic acid groups (broad SMARTS) is 1. The van der Waals surface area contributed by atoms with Crippen LogP contribution in [0.5, 0.6) is 0 Å². The predicted molar refractivity (Wildman–Crippen MR) is 68.3 cm³/mol. The van der Waals surface area contributed by atoms with E-state index in [1.54, 1.807) is 11.8 Å². The summed E-state index contributed by atoms with van der Waals surface area (Å²) >= 11 is 1.81. The molecule has 0 aromatic carbocycles. The average Bonchev–Trinajstić information content (AvgIpc) is 2.29. The van der Waals surface area contributed by atoms with Gasteiger partial charge in [0.15, 0.2) is 0 Å². The number of carbonyl (C=O) groups is 2. The zero-order valence-corrected chi connectivity index (χ0v) is 10.5. The van der Waals surface area contributed by atoms with Crippen molar-refractivity contribution in [1.29, 1.82) is 0 Å². The number of carboxylic acids is 1. The summed E-state index contributed by atoms with van der Waals surface area (Å²) in [6, 6.07) is -1.16. The standard InChI is InChI=1S/C11H18N2O3S/c1-2-4-9(10(14)15)13-11(16)12-8-5-3-6-17-7-8/h2,8-9H,1,3-7H2,(H,14,15)(H2,12,13,16). The maximum Gasteiger partial charge on any atom is 0.326 e. The monoisotopic (exact) mass is 258 g/mol. The Bertz CT molecular complexity index is 290. The summed E-state index contributed by atoms with van der Waals surface area (Å²) in [5.41, 5.74) is 0. The zero-order valence-electron chi connectivity index (χ0n) is 9.65. The summed E-state index contributed by atoms with van der Waals surface area (Å²) in [4.78, 5) is 22.4. The molecule has 2 amide bonds. The molecule has 0 bridgehead atoms. The van der Waals surface area contributed by atoms with Gasteiger partial charge in [0.2, 0.25) is 0 Å². The van der Waals surface area contributed by atoms with Crippen molar-refractivity contribution in [2.75, 3.05) is 11.5 Å². The second-order valence-corrected chi connectivity index (χ2v) is 5.10. The fourth-order valence-electron chi connectivity index (χ4n) is 1.63. The first-order valence-corrected chi connectivity index (χ1v) is 6.77. The van der Waals surface area contributed by atoms with Gasteiger partial charge in [0.1, 0.15) is 6.04 Å². The molecular weight excluding hydrogens is 240 g/mol. The molecule has 1 saturated heterocycles. The van der Waals surface area contributed by atoms with Crippen LogP contribution in [-0.4, -0.2) is 40.7 Å². The minimum Gasteiger partial charge on any atom is -0.480 e. The number of hydrogen-bond acceptors (Lipinski definition) is 3. The van der Waals surface area contributed by atoms with Gasteiger partial charge in [-0.1, -0.05) is 6.08 Å². The molecule has 5 nitrogen and oxygen atoms in total. The van der Waals surface area contributed by atoms with Crippen LogP contribution in [0.3, 0.4) is 0 Å². The Balaban J connectivity index is 2.35. The number of hydrogen-bond donors (Lipinski definition) is 3. The largest absolute Gasteiger partial charge is 0.480 e. The van der Waals surface area contributed by atoms with E-state index in [2.05, 4.69) is 17.2 Å². The average molecular weight is 258 g/mol. The Morgan fingerprint density at radius 1 is 1.59 bits per heavy atom. The van der Waals surface area contributed by atoms with Gasteiger partial charge in [-0.15, -0.1) is 6.58 Å². The van der Waals surface area contributed by atoms with E-state index in [0.717, 1.165) is 24.3 Å². The molecule has 2 atom stereocenters. The lowest BCUT2D eigenvalue weighted by molar-refractivity contribution is -0.139. The number of rotatable bonds is 5. The van der Waals surface area contributed by atoms with E-state index in [0.29, 0.717) is 0 Å². The van der Waals surface area contributed by atoms with Gasteiger partial charge in [0, 0.05) is 11.8 Å². The van der Waals surface area contributed by atoms with Crippen molar-refractivity contribution < 1.29 is 14.7 Å². The lowest BCUT2D eigenvalue weighted by Gasteiger charge is -2.23. The fraction of sp³-hybridized carbons (Fsp3) is 0.636. The van der Waals surface area contributed by atoms with Crippen molar-refractivity contribution >= 4 is 23.8 Å². The Morgan fingerprint density at radius 3 is 2.88 bits per heavy atom. The molecule has 1 aliphatic rings. The van der Waals surface area contributed by atoms with Crippen LogP contribution in [0.15, 0.2) is 12.7 Å². The molecule has 2 unspecified atom stereocenters. The Hall–Kier alpha value is -1.17. The molecule has 3 N–H and O–H groups in total. The van der Waals surface area contributed by atoms with E-state index >= 15 is 0 Å². The predicted octanol–water partition coefficient (Wildman–Crippen LogP) is 1.21. The first-order valence-electron chi connectivity index (χ1n) is 5.62. The summed E-state index contributed by atoms with van der Waals surface area (Å²) in [6.45, 7) is 3.47. The molecule has 1 fully saturated rings. The van der Waals surface area contributed by atoms with Crippen molar-refractivity contribution in [2.24, 2.45) is 0 Å². The highest BCUT2D eigenvalue weighted by Crippen LogP contribution is 2.16. The first-order chi connectivity index (χ1) is 8.13. The molecule has 17 heavy (non-hydrogen) atoms. The number of aliphatic carboxylic acids is 1. The lowest BCUT2D eigenvalue weighted by atomic mass is 10.2. The quantitative estimate of drug-likeness (QED) is 0.648. The third kappa shape index (κ3) is 5.12. The summed E-state index contributed by atoms with van der Waals surface area (Å²) in [6.07, 6.45) is 3.75. The zero-order chi connectivity index (χ0) is 12.7. The highest BCUT2D eigenvalue weighted by molar-refractivity contribution is 7.99. The molecule has 0 aromatic rings. The van der Waals surface area contributed by atoms with Crippen LogP contribution in [0.2, 0.25) is 0 Å². The van der Waals surface area contributed by atoms with E-state index in [9.17, 15) is 9.59 Å². The van der Waals surface area contributed by atoms with Crippen LogP contribution in [0, 0.1) is 0 Å². The van der Waals surface area contributed by atoms with E-state index < -0.39 is 18.0 Å². The normalized spacial score (nSPS) is 21.3. The SMILES string of the molecule is C=CCC(NC(=O)NC1CCCSC1)C(=O)O. The molecule has 96 valence electrons. The van der Waals surface area contributed by atoms with Crippen molar-refractivity contribution in [3.05, 3.63) is 12.7 Å². The van der Waals surface area contributed by atoms with Gasteiger partial charge in [-0.3, -0.25) is 0 Å². The summed E-state index contributed by atoms with van der Waals surface area (Å²) in [7, 11) is 0. The summed E-state index contributed by atoms with van der Waals surface area (Å²) < 4.78 is 0. The van der Waals surface area contributed by atoms with Gasteiger partial charge in [0.05, 0.1) is 0 Å². The van der Waals surface area contributed by atoms with Crippen molar-refractivity contribution in [3.63, 3.8) is 0 Å². The summed E-state index contributed by atoms with van der Waals surface area (Å²) in [5, 5.41) is 14.1. The second kappa shape index (κ2) is 7.21. The third-order valence-electron chi connectivity index (χ3n) is 2.50. The number of nitrogens with one attached hydrogen (secondary N) is 2. The van der Waals surface area contributed by atoms with Gasteiger partial charge >= 0.3 is 12.0 Å². The molecule has 0 spiro atoms. The van der Waals surface area contributed by atoms with Crippen LogP contribution in [0.4, 0.5) is 4.79 Å². The number of amides is 2. The first kappa shape index (κ1) is 13.9. The van der Waals surface area contributed by atoms with Gasteiger partial charge in [-0.05, 0) is 25.0 Å². The smallest absolute Gasteiger partial charge is 0.326 e. The number of urea groups is 1. The van der Waals surface area contributed by atoms with Crippen LogP contribution in [0.25, 0.3) is 0 Å². The Kier molecular flexibility index (Phi) is 5.90. The maximum absolute atomic E-state index is 11.6. The van der Waals surface area contributed by atoms with Crippen molar-refractivity contribution in [2.45, 2.75) is 31.3 Å². The molecule has 0 aliphatic carbocycles. The van der Waals surface area contributed by atoms with Crippen LogP contribution >= 0.6 is 11.8 Å². The topological polar surface area (TPSA) is 78.4 Å². The molecular formula is C11H18N2O3S. The van der Waals surface area contributed by atoms with Crippen LogP contribution in [0.1, 0.15) is 19.3 Å². The van der Waals surface area contributed by atoms with Crippen molar-refractivity contribution in [3.8, 4) is 0 Å². The molecule has 1 rings (SSSR count). The Labute approximate surface area is 105 Å². The van der Waals surface area contributed by atoms with Crippen molar-refractivity contribution in [1.82, 2.24) is 10.6 Å². The van der Waals surface area contributed by atoms with Gasteiger partial charge in [-0.2, -0.15) is 11.8 Å². The molecule has 1 aliphatic heterocycles. The van der Waals surface area contributed by atoms with E-state index in [-0.39, 0.29) is 12.5 Å². The summed E-state index contributed by atoms with van der Waals surface area (Å²) in [5.74, 6) is 0.985. The molecule has 1 heterocycles. The van der Waals surface area contributed by atoms with E-state index in [1.165, 1.54) is 6.08 Å². The minimum atomic E-state index is -1.04. The van der Waals surface area contributed by atoms with E-state index in [4.69, 9.17) is 5.11 Å². The van der Waals surface area contributed by atoms with Gasteiger partial charge in [-0.25, -0.2) is 9.59 Å². The van der Waals surface area contributed by atoms with Gasteiger partial charge in [0.25, 0.3) is 0 Å². The second-order valence-electron chi connectivity index (χ2n) is 3.95. The van der Waals surface area contributed by atoms with E-state index in [1.807, 2.05) is 0 Å². The molecule has 6 heteroatoms. The molecule has 0 saturated carbocycles. The van der Waals surface area contributed by atoms with Crippen LogP contribution in [-0.2, 0) is 4.79 Å². The van der Waals surface area contributed by atoms with Gasteiger partial charge < -0.3 is 15.7 Å².